The SMILES string of the molecule is [Ag+].[O-2].[O-2].[O-2].[O-2].[Ti+4].[Ti+4]. The summed E-state index contributed by atoms with van der Waals surface area (Å²) in [6.07, 6.45) is 0. The molecule has 0 atom stereocenters. The zero-order valence-electron chi connectivity index (χ0n) is 2.93. The Morgan fingerprint density at radius 3 is 0.429 bits per heavy atom. The van der Waals surface area contributed by atoms with E-state index >= 15 is 0 Å². The first-order valence-corrected chi connectivity index (χ1v) is 0. The van der Waals surface area contributed by atoms with Crippen LogP contribution in [0.3, 0.4) is 0 Å². The van der Waals surface area contributed by atoms with Crippen LogP contribution >= 0.6 is 0 Å². The summed E-state index contributed by atoms with van der Waals surface area (Å²) < 4.78 is 0. The fraction of sp³-hybridized carbons (Fsp3) is 0. The first-order valence-electron chi connectivity index (χ1n) is 0. The largest absolute Gasteiger partial charge is 4.00 e. The van der Waals surface area contributed by atoms with Crippen LogP contribution in [0.25, 0.3) is 0 Å². The maximum absolute atomic E-state index is 0. The van der Waals surface area contributed by atoms with Gasteiger partial charge in [-0.25, -0.2) is 0 Å². The molecule has 0 heterocycles. The average Bonchev–Trinajstić information content (AvgIpc) is 0. The van der Waals surface area contributed by atoms with Crippen molar-refractivity contribution in [1.29, 1.82) is 0 Å². The van der Waals surface area contributed by atoms with Gasteiger partial charge in [0, 0.05) is 0 Å². The van der Waals surface area contributed by atoms with E-state index in [1.807, 2.05) is 0 Å². The summed E-state index contributed by atoms with van der Waals surface area (Å²) in [6, 6.07) is 0. The van der Waals surface area contributed by atoms with Crippen LogP contribution in [0.15, 0.2) is 0 Å². The molecule has 0 aromatic rings. The van der Waals surface area contributed by atoms with Crippen LogP contribution in [-0.2, 0) is 87.7 Å². The van der Waals surface area contributed by atoms with Crippen molar-refractivity contribution >= 4 is 0 Å². The molecule has 0 aliphatic carbocycles. The van der Waals surface area contributed by atoms with Gasteiger partial charge >= 0.3 is 65.8 Å². The van der Waals surface area contributed by atoms with Gasteiger partial charge in [-0.2, -0.15) is 0 Å². The van der Waals surface area contributed by atoms with Gasteiger partial charge in [-0.15, -0.1) is 0 Å². The zero-order valence-corrected chi connectivity index (χ0v) is 7.54. The van der Waals surface area contributed by atoms with E-state index < -0.39 is 0 Å². The van der Waals surface area contributed by atoms with Gasteiger partial charge in [0.15, 0.2) is 0 Å². The van der Waals surface area contributed by atoms with Crippen molar-refractivity contribution in [1.82, 2.24) is 0 Å². The quantitative estimate of drug-likeness (QED) is 0.527. The van der Waals surface area contributed by atoms with Crippen LogP contribution in [0, 0.1) is 0 Å². The van der Waals surface area contributed by atoms with E-state index in [-0.39, 0.29) is 87.7 Å². The third-order valence-electron chi connectivity index (χ3n) is 0. The van der Waals surface area contributed by atoms with Crippen molar-refractivity contribution in [2.45, 2.75) is 0 Å². The van der Waals surface area contributed by atoms with Gasteiger partial charge in [-0.05, 0) is 0 Å². The Kier molecular flexibility index (Phi) is 1990. The van der Waals surface area contributed by atoms with E-state index in [0.29, 0.717) is 0 Å². The molecule has 4 nitrogen and oxygen atoms in total. The van der Waals surface area contributed by atoms with Crippen molar-refractivity contribution in [3.63, 3.8) is 0 Å². The molecule has 0 amide bonds. The molecule has 0 aliphatic heterocycles. The maximum atomic E-state index is 0. The summed E-state index contributed by atoms with van der Waals surface area (Å²) >= 11 is 0. The van der Waals surface area contributed by atoms with Gasteiger partial charge < -0.3 is 21.9 Å². The van der Waals surface area contributed by atoms with Crippen molar-refractivity contribution < 1.29 is 87.7 Å². The van der Waals surface area contributed by atoms with Crippen LogP contribution < -0.4 is 0 Å². The van der Waals surface area contributed by atoms with Gasteiger partial charge in [0.25, 0.3) is 0 Å². The molecule has 0 spiro atoms. The first-order chi connectivity index (χ1) is 0. The number of hydrogen-bond donors (Lipinski definition) is 0. The van der Waals surface area contributed by atoms with E-state index in [4.69, 9.17) is 0 Å². The molecule has 0 rings (SSSR count). The fourth-order valence-electron chi connectivity index (χ4n) is 0. The second-order valence-corrected chi connectivity index (χ2v) is 0. The molecule has 0 fully saturated rings. The minimum absolute atomic E-state index is 0. The zero-order chi connectivity index (χ0) is 0. The summed E-state index contributed by atoms with van der Waals surface area (Å²) in [5.41, 5.74) is 0. The Labute approximate surface area is 86.9 Å². The van der Waals surface area contributed by atoms with Crippen molar-refractivity contribution in [2.24, 2.45) is 0 Å². The standard InChI is InChI=1S/Ag.4O.2Ti/q+1;4*-2;2*+4. The fourth-order valence-corrected chi connectivity index (χ4v) is 0. The minimum atomic E-state index is 0. The van der Waals surface area contributed by atoms with Gasteiger partial charge in [-0.3, -0.25) is 0 Å². The molecule has 0 aliphatic rings. The third kappa shape index (κ3) is 71.7. The van der Waals surface area contributed by atoms with Gasteiger partial charge in [0.1, 0.15) is 0 Å². The topological polar surface area (TPSA) is 114 Å². The summed E-state index contributed by atoms with van der Waals surface area (Å²) in [7, 11) is 0. The van der Waals surface area contributed by atoms with E-state index in [2.05, 4.69) is 0 Å². The molecular weight excluding hydrogens is 268 g/mol. The van der Waals surface area contributed by atoms with E-state index in [9.17, 15) is 0 Å². The molecule has 42 valence electrons. The Balaban J connectivity index is 0. The Hall–Kier alpha value is 2.01. The molecule has 0 unspecified atom stereocenters. The van der Waals surface area contributed by atoms with Crippen LogP contribution in [0.4, 0.5) is 0 Å². The van der Waals surface area contributed by atoms with Crippen molar-refractivity contribution in [3.8, 4) is 0 Å². The Morgan fingerprint density at radius 2 is 0.429 bits per heavy atom. The molecule has 0 N–H and O–H groups in total. The van der Waals surface area contributed by atoms with Gasteiger partial charge in [0.2, 0.25) is 0 Å². The summed E-state index contributed by atoms with van der Waals surface area (Å²) in [4.78, 5) is 0. The molecule has 0 aromatic carbocycles. The van der Waals surface area contributed by atoms with Crippen molar-refractivity contribution in [2.75, 3.05) is 0 Å². The summed E-state index contributed by atoms with van der Waals surface area (Å²) in [6.45, 7) is 0. The summed E-state index contributed by atoms with van der Waals surface area (Å²) in [5, 5.41) is 0. The van der Waals surface area contributed by atoms with E-state index in [1.165, 1.54) is 0 Å². The van der Waals surface area contributed by atoms with Crippen molar-refractivity contribution in [3.05, 3.63) is 0 Å². The average molecular weight is 268 g/mol. The molecule has 0 radical (unpaired) electrons. The molecule has 0 saturated heterocycles. The Morgan fingerprint density at radius 1 is 0.429 bits per heavy atom. The van der Waals surface area contributed by atoms with Gasteiger partial charge in [-0.1, -0.05) is 0 Å². The predicted molar refractivity (Wildman–Crippen MR) is 2.75 cm³/mol. The van der Waals surface area contributed by atoms with Crippen LogP contribution in [0.2, 0.25) is 0 Å². The first kappa shape index (κ1) is 143. The predicted octanol–water partition coefficient (Wildman–Crippen LogP) is -0.483. The number of hydrogen-bond acceptors (Lipinski definition) is 0. The van der Waals surface area contributed by atoms with E-state index in [0.717, 1.165) is 0 Å². The smallest absolute Gasteiger partial charge is 2.00 e. The second-order valence-electron chi connectivity index (χ2n) is 0. The normalized spacial score (nSPS) is 0. The van der Waals surface area contributed by atoms with Crippen LogP contribution in [-0.4, -0.2) is 0 Å². The molecule has 0 bridgehead atoms. The van der Waals surface area contributed by atoms with E-state index in [1.54, 1.807) is 0 Å². The molecular formula is AgO4Ti2+. The van der Waals surface area contributed by atoms with Crippen LogP contribution in [0.5, 0.6) is 0 Å². The minimum Gasteiger partial charge on any atom is -2.00 e. The Bertz CT molecular complexity index is 9.65. The van der Waals surface area contributed by atoms with Crippen LogP contribution in [0.1, 0.15) is 0 Å². The molecule has 0 saturated carbocycles. The maximum Gasteiger partial charge on any atom is 4.00 e. The number of rotatable bonds is 0. The molecule has 0 aromatic heterocycles. The second kappa shape index (κ2) is 97.5. The molecule has 7 heavy (non-hydrogen) atoms. The monoisotopic (exact) mass is 267 g/mol. The van der Waals surface area contributed by atoms with Gasteiger partial charge in [0.05, 0.1) is 0 Å². The third-order valence-corrected chi connectivity index (χ3v) is 0. The molecule has 7 heteroatoms. The summed E-state index contributed by atoms with van der Waals surface area (Å²) in [5.74, 6) is 0.